The van der Waals surface area contributed by atoms with Crippen LogP contribution in [0.25, 0.3) is 5.57 Å². The summed E-state index contributed by atoms with van der Waals surface area (Å²) in [6, 6.07) is 9.03. The first-order valence-corrected chi connectivity index (χ1v) is 5.56. The fourth-order valence-corrected chi connectivity index (χ4v) is 1.47. The zero-order valence-corrected chi connectivity index (χ0v) is 10.7. The molecule has 0 radical (unpaired) electrons. The van der Waals surface area contributed by atoms with Crippen molar-refractivity contribution in [1.82, 2.24) is 0 Å². The summed E-state index contributed by atoms with van der Waals surface area (Å²) < 4.78 is 9.89. The minimum atomic E-state index is -0.590. The average molecular weight is 245 g/mol. The highest BCUT2D eigenvalue weighted by Crippen LogP contribution is 2.21. The molecule has 0 bridgehead atoms. The maximum Gasteiger partial charge on any atom is 0.349 e. The predicted octanol–water partition coefficient (Wildman–Crippen LogP) is 2.56. The lowest BCUT2D eigenvalue weighted by Gasteiger charge is -2.06. The van der Waals surface area contributed by atoms with Crippen molar-refractivity contribution in [2.75, 3.05) is 13.7 Å². The zero-order valence-electron chi connectivity index (χ0n) is 10.7. The van der Waals surface area contributed by atoms with Gasteiger partial charge in [-0.2, -0.15) is 5.26 Å². The number of ether oxygens (including phenoxy) is 2. The number of rotatable bonds is 4. The van der Waals surface area contributed by atoms with Crippen LogP contribution in [0.4, 0.5) is 0 Å². The van der Waals surface area contributed by atoms with E-state index in [1.165, 1.54) is 0 Å². The summed E-state index contributed by atoms with van der Waals surface area (Å²) in [6.45, 7) is 3.67. The van der Waals surface area contributed by atoms with E-state index in [9.17, 15) is 4.79 Å². The molecule has 0 saturated heterocycles. The molecular formula is C14H15NO3. The molecule has 0 unspecified atom stereocenters. The van der Waals surface area contributed by atoms with E-state index < -0.39 is 5.97 Å². The first kappa shape index (κ1) is 13.8. The van der Waals surface area contributed by atoms with E-state index in [0.717, 1.165) is 11.3 Å². The molecule has 0 aliphatic heterocycles. The van der Waals surface area contributed by atoms with E-state index >= 15 is 0 Å². The van der Waals surface area contributed by atoms with E-state index in [1.807, 2.05) is 6.07 Å². The molecule has 0 fully saturated rings. The average Bonchev–Trinajstić information content (AvgIpc) is 2.40. The normalized spacial score (nSPS) is 11.2. The number of hydrogen-bond donors (Lipinski definition) is 0. The van der Waals surface area contributed by atoms with Gasteiger partial charge in [0.2, 0.25) is 0 Å². The highest BCUT2D eigenvalue weighted by Gasteiger charge is 2.14. The quantitative estimate of drug-likeness (QED) is 0.464. The highest BCUT2D eigenvalue weighted by molar-refractivity contribution is 6.01. The van der Waals surface area contributed by atoms with Crippen LogP contribution in [-0.2, 0) is 9.53 Å². The van der Waals surface area contributed by atoms with Gasteiger partial charge in [0, 0.05) is 0 Å². The summed E-state index contributed by atoms with van der Waals surface area (Å²) in [5, 5.41) is 9.02. The Morgan fingerprint density at radius 2 is 1.94 bits per heavy atom. The van der Waals surface area contributed by atoms with Crippen molar-refractivity contribution in [3.05, 3.63) is 35.4 Å². The Bertz CT molecular complexity index is 495. The number of nitriles is 1. The standard InChI is InChI=1S/C14H15NO3/c1-4-18-14(16)13(9-15)10(2)11-5-7-12(17-3)8-6-11/h5-8H,4H2,1-3H3/b13-10-. The van der Waals surface area contributed by atoms with E-state index in [0.29, 0.717) is 5.57 Å². The number of nitrogens with zero attached hydrogens (tertiary/aromatic N) is 1. The Labute approximate surface area is 106 Å². The summed E-state index contributed by atoms with van der Waals surface area (Å²) in [4.78, 5) is 11.6. The van der Waals surface area contributed by atoms with Crippen LogP contribution in [0.2, 0.25) is 0 Å². The molecule has 4 nitrogen and oxygen atoms in total. The third kappa shape index (κ3) is 3.11. The van der Waals surface area contributed by atoms with E-state index in [4.69, 9.17) is 14.7 Å². The number of esters is 1. The number of carbonyl (C=O) groups excluding carboxylic acids is 1. The number of carbonyl (C=O) groups is 1. The van der Waals surface area contributed by atoms with Crippen molar-refractivity contribution >= 4 is 11.5 Å². The number of methoxy groups -OCH3 is 1. The molecule has 0 spiro atoms. The van der Waals surface area contributed by atoms with Crippen molar-refractivity contribution < 1.29 is 14.3 Å². The Hall–Kier alpha value is -2.28. The van der Waals surface area contributed by atoms with Gasteiger partial charge in [0.25, 0.3) is 0 Å². The lowest BCUT2D eigenvalue weighted by molar-refractivity contribution is -0.137. The molecule has 0 heterocycles. The van der Waals surface area contributed by atoms with Gasteiger partial charge in [-0.15, -0.1) is 0 Å². The minimum Gasteiger partial charge on any atom is -0.497 e. The van der Waals surface area contributed by atoms with Gasteiger partial charge in [-0.25, -0.2) is 4.79 Å². The van der Waals surface area contributed by atoms with E-state index in [-0.39, 0.29) is 12.2 Å². The Morgan fingerprint density at radius 1 is 1.33 bits per heavy atom. The van der Waals surface area contributed by atoms with Crippen LogP contribution < -0.4 is 4.74 Å². The number of hydrogen-bond acceptors (Lipinski definition) is 4. The second-order valence-corrected chi connectivity index (χ2v) is 3.56. The van der Waals surface area contributed by atoms with E-state index in [1.54, 1.807) is 45.2 Å². The second-order valence-electron chi connectivity index (χ2n) is 3.56. The van der Waals surface area contributed by atoms with Gasteiger partial charge in [0.15, 0.2) is 0 Å². The summed E-state index contributed by atoms with van der Waals surface area (Å²) >= 11 is 0. The first-order chi connectivity index (χ1) is 8.63. The van der Waals surface area contributed by atoms with Crippen molar-refractivity contribution in [3.63, 3.8) is 0 Å². The lowest BCUT2D eigenvalue weighted by atomic mass is 10.0. The molecule has 0 N–H and O–H groups in total. The summed E-state index contributed by atoms with van der Waals surface area (Å²) in [5.41, 5.74) is 1.42. The lowest BCUT2D eigenvalue weighted by Crippen LogP contribution is -2.08. The van der Waals surface area contributed by atoms with Gasteiger partial charge >= 0.3 is 5.97 Å². The van der Waals surface area contributed by atoms with Crippen LogP contribution >= 0.6 is 0 Å². The molecule has 0 amide bonds. The SMILES string of the molecule is CCOC(=O)/C(C#N)=C(/C)c1ccc(OC)cc1. The van der Waals surface area contributed by atoms with Crippen LogP contribution in [0.15, 0.2) is 29.8 Å². The highest BCUT2D eigenvalue weighted by atomic mass is 16.5. The van der Waals surface area contributed by atoms with Crippen molar-refractivity contribution in [2.45, 2.75) is 13.8 Å². The monoisotopic (exact) mass is 245 g/mol. The molecule has 0 saturated carbocycles. The predicted molar refractivity (Wildman–Crippen MR) is 67.8 cm³/mol. The third-order valence-corrected chi connectivity index (χ3v) is 2.49. The molecule has 0 aliphatic rings. The van der Waals surface area contributed by atoms with Gasteiger partial charge < -0.3 is 9.47 Å². The summed E-state index contributed by atoms with van der Waals surface area (Å²) in [6.07, 6.45) is 0. The van der Waals surface area contributed by atoms with Gasteiger partial charge in [0.05, 0.1) is 13.7 Å². The molecule has 4 heteroatoms. The maximum atomic E-state index is 11.6. The van der Waals surface area contributed by atoms with Crippen LogP contribution in [-0.4, -0.2) is 19.7 Å². The molecular weight excluding hydrogens is 230 g/mol. The second kappa shape index (κ2) is 6.45. The number of benzene rings is 1. The molecule has 1 aromatic carbocycles. The Balaban J connectivity index is 3.11. The van der Waals surface area contributed by atoms with Gasteiger partial charge in [-0.05, 0) is 37.1 Å². The van der Waals surface area contributed by atoms with Gasteiger partial charge in [-0.1, -0.05) is 12.1 Å². The summed E-state index contributed by atoms with van der Waals surface area (Å²) in [5.74, 6) is 0.134. The zero-order chi connectivity index (χ0) is 13.5. The summed E-state index contributed by atoms with van der Waals surface area (Å²) in [7, 11) is 1.58. The molecule has 0 aliphatic carbocycles. The van der Waals surface area contributed by atoms with Crippen LogP contribution in [0.1, 0.15) is 19.4 Å². The maximum absolute atomic E-state index is 11.6. The molecule has 0 atom stereocenters. The van der Waals surface area contributed by atoms with Crippen LogP contribution in [0, 0.1) is 11.3 Å². The molecule has 0 aromatic heterocycles. The molecule has 94 valence electrons. The van der Waals surface area contributed by atoms with Crippen molar-refractivity contribution in [3.8, 4) is 11.8 Å². The fourth-order valence-electron chi connectivity index (χ4n) is 1.47. The van der Waals surface area contributed by atoms with Gasteiger partial charge in [-0.3, -0.25) is 0 Å². The topological polar surface area (TPSA) is 59.3 Å². The smallest absolute Gasteiger partial charge is 0.349 e. The third-order valence-electron chi connectivity index (χ3n) is 2.49. The first-order valence-electron chi connectivity index (χ1n) is 5.56. The van der Waals surface area contributed by atoms with E-state index in [2.05, 4.69) is 0 Å². The molecule has 1 aromatic rings. The largest absolute Gasteiger partial charge is 0.497 e. The fraction of sp³-hybridized carbons (Fsp3) is 0.286. The van der Waals surface area contributed by atoms with Crippen molar-refractivity contribution in [2.24, 2.45) is 0 Å². The molecule has 18 heavy (non-hydrogen) atoms. The minimum absolute atomic E-state index is 0.0296. The van der Waals surface area contributed by atoms with Crippen LogP contribution in [0.5, 0.6) is 5.75 Å². The Morgan fingerprint density at radius 3 is 2.39 bits per heavy atom. The van der Waals surface area contributed by atoms with Crippen molar-refractivity contribution in [1.29, 1.82) is 5.26 Å². The van der Waals surface area contributed by atoms with Gasteiger partial charge in [0.1, 0.15) is 17.4 Å². The van der Waals surface area contributed by atoms with Crippen LogP contribution in [0.3, 0.4) is 0 Å². The molecule has 1 rings (SSSR count). The number of allylic oxidation sites excluding steroid dienone is 1. The Kier molecular flexibility index (Phi) is 4.94.